The third-order valence-corrected chi connectivity index (χ3v) is 6.46. The summed E-state index contributed by atoms with van der Waals surface area (Å²) in [5.74, 6) is -0.279. The van der Waals surface area contributed by atoms with Crippen molar-refractivity contribution >= 4 is 5.91 Å². The Morgan fingerprint density at radius 3 is 2.77 bits per heavy atom. The van der Waals surface area contributed by atoms with Crippen LogP contribution in [0.5, 0.6) is 0 Å². The predicted octanol–water partition coefficient (Wildman–Crippen LogP) is 4.27. The van der Waals surface area contributed by atoms with Gasteiger partial charge in [0.05, 0.1) is 22.9 Å². The second kappa shape index (κ2) is 7.59. The molecule has 2 aromatic carbocycles. The van der Waals surface area contributed by atoms with Gasteiger partial charge in [-0.3, -0.25) is 4.79 Å². The van der Waals surface area contributed by atoms with Crippen molar-refractivity contribution in [1.29, 1.82) is 5.26 Å². The number of rotatable bonds is 2. The summed E-state index contributed by atoms with van der Waals surface area (Å²) in [4.78, 5) is 24.4. The SMILES string of the molecule is N#Cc1ccc(C(=O)N2CCCC3(CCc4cnc(-c5ccccc5)nc43)C2)c(F)c1. The van der Waals surface area contributed by atoms with E-state index in [0.29, 0.717) is 18.9 Å². The molecule has 0 N–H and O–H groups in total. The molecule has 1 fully saturated rings. The largest absolute Gasteiger partial charge is 0.338 e. The molecule has 5 nitrogen and oxygen atoms in total. The van der Waals surface area contributed by atoms with E-state index in [1.54, 1.807) is 4.90 Å². The number of aromatic nitrogens is 2. The normalized spacial score (nSPS) is 19.8. The average molecular weight is 412 g/mol. The molecule has 5 rings (SSSR count). The number of hydrogen-bond donors (Lipinski definition) is 0. The zero-order chi connectivity index (χ0) is 21.4. The van der Waals surface area contributed by atoms with Gasteiger partial charge in [0.1, 0.15) is 5.82 Å². The van der Waals surface area contributed by atoms with Gasteiger partial charge in [0.15, 0.2) is 5.82 Å². The predicted molar refractivity (Wildman–Crippen MR) is 114 cm³/mol. The topological polar surface area (TPSA) is 69.9 Å². The maximum absolute atomic E-state index is 14.5. The number of halogens is 1. The lowest BCUT2D eigenvalue weighted by Crippen LogP contribution is -2.48. The molecule has 1 aromatic heterocycles. The quantitative estimate of drug-likeness (QED) is 0.630. The van der Waals surface area contributed by atoms with E-state index in [2.05, 4.69) is 4.98 Å². The first-order valence-corrected chi connectivity index (χ1v) is 10.5. The van der Waals surface area contributed by atoms with E-state index in [9.17, 15) is 9.18 Å². The Labute approximate surface area is 180 Å². The first-order valence-electron chi connectivity index (χ1n) is 10.5. The molecule has 1 unspecified atom stereocenters. The fraction of sp³-hybridized carbons (Fsp3) is 0.280. The molecule has 0 bridgehead atoms. The Balaban J connectivity index is 1.46. The van der Waals surface area contributed by atoms with Gasteiger partial charge in [-0.05, 0) is 49.4 Å². The van der Waals surface area contributed by atoms with Crippen molar-refractivity contribution in [3.63, 3.8) is 0 Å². The molecule has 1 aliphatic heterocycles. The van der Waals surface area contributed by atoms with Crippen molar-refractivity contribution in [1.82, 2.24) is 14.9 Å². The van der Waals surface area contributed by atoms with Gasteiger partial charge in [-0.15, -0.1) is 0 Å². The van der Waals surface area contributed by atoms with Crippen LogP contribution in [0.1, 0.15) is 46.4 Å². The molecule has 1 aliphatic carbocycles. The van der Waals surface area contributed by atoms with Gasteiger partial charge in [-0.1, -0.05) is 30.3 Å². The number of nitriles is 1. The van der Waals surface area contributed by atoms with Gasteiger partial charge in [-0.2, -0.15) is 5.26 Å². The van der Waals surface area contributed by atoms with E-state index in [4.69, 9.17) is 10.2 Å². The molecule has 1 spiro atoms. The van der Waals surface area contributed by atoms with Gasteiger partial charge in [0.25, 0.3) is 5.91 Å². The Bertz CT molecular complexity index is 1200. The molecule has 2 aliphatic rings. The molecule has 154 valence electrons. The van der Waals surface area contributed by atoms with Crippen molar-refractivity contribution in [2.24, 2.45) is 0 Å². The van der Waals surface area contributed by atoms with E-state index in [-0.39, 0.29) is 22.4 Å². The summed E-state index contributed by atoms with van der Waals surface area (Å²) in [6.07, 6.45) is 5.51. The van der Waals surface area contributed by atoms with Crippen LogP contribution < -0.4 is 0 Å². The number of fused-ring (bicyclic) bond motifs is 2. The van der Waals surface area contributed by atoms with Crippen LogP contribution in [0.25, 0.3) is 11.4 Å². The summed E-state index contributed by atoms with van der Waals surface area (Å²) in [5, 5.41) is 8.95. The molecule has 0 radical (unpaired) electrons. The Hall–Kier alpha value is -3.59. The summed E-state index contributed by atoms with van der Waals surface area (Å²) >= 11 is 0. The van der Waals surface area contributed by atoms with Crippen molar-refractivity contribution in [2.75, 3.05) is 13.1 Å². The third-order valence-electron chi connectivity index (χ3n) is 6.46. The van der Waals surface area contributed by atoms with E-state index < -0.39 is 5.82 Å². The molecule has 31 heavy (non-hydrogen) atoms. The number of carbonyl (C=O) groups is 1. The molecule has 1 amide bonds. The number of nitrogens with zero attached hydrogens (tertiary/aromatic N) is 4. The van der Waals surface area contributed by atoms with E-state index >= 15 is 0 Å². The smallest absolute Gasteiger partial charge is 0.256 e. The minimum Gasteiger partial charge on any atom is -0.338 e. The van der Waals surface area contributed by atoms with E-state index in [1.807, 2.05) is 42.6 Å². The van der Waals surface area contributed by atoms with Gasteiger partial charge in [-0.25, -0.2) is 14.4 Å². The number of likely N-dealkylation sites (tertiary alicyclic amines) is 1. The number of carbonyl (C=O) groups excluding carboxylic acids is 1. The van der Waals surface area contributed by atoms with Crippen molar-refractivity contribution in [2.45, 2.75) is 31.1 Å². The third kappa shape index (κ3) is 3.36. The van der Waals surface area contributed by atoms with Crippen LogP contribution in [0.15, 0.2) is 54.7 Å². The lowest BCUT2D eigenvalue weighted by molar-refractivity contribution is 0.0629. The second-order valence-corrected chi connectivity index (χ2v) is 8.35. The molecule has 1 saturated heterocycles. The van der Waals surface area contributed by atoms with Crippen molar-refractivity contribution < 1.29 is 9.18 Å². The average Bonchev–Trinajstić information content (AvgIpc) is 3.16. The molecule has 6 heteroatoms. The fourth-order valence-corrected chi connectivity index (χ4v) is 4.90. The number of aryl methyl sites for hydroxylation is 1. The lowest BCUT2D eigenvalue weighted by atomic mass is 9.77. The number of amides is 1. The Morgan fingerprint density at radius 2 is 2.00 bits per heavy atom. The standard InChI is InChI=1S/C25H21FN4O/c26-21-13-17(14-27)7-8-20(21)24(31)30-12-4-10-25(16-30)11-9-19-15-28-23(29-22(19)25)18-5-2-1-3-6-18/h1-3,5-8,13,15H,4,9-12,16H2. The van der Waals surface area contributed by atoms with Crippen LogP contribution in [-0.4, -0.2) is 33.9 Å². The number of benzene rings is 2. The summed E-state index contributed by atoms with van der Waals surface area (Å²) in [7, 11) is 0. The van der Waals surface area contributed by atoms with Crippen molar-refractivity contribution in [3.05, 3.63) is 82.9 Å². The monoisotopic (exact) mass is 412 g/mol. The molecule has 2 heterocycles. The van der Waals surface area contributed by atoms with E-state index in [0.717, 1.165) is 48.6 Å². The van der Waals surface area contributed by atoms with E-state index in [1.165, 1.54) is 12.1 Å². The first kappa shape index (κ1) is 19.4. The maximum atomic E-state index is 14.5. The summed E-state index contributed by atoms with van der Waals surface area (Å²) in [6.45, 7) is 1.11. The van der Waals surface area contributed by atoms with Crippen molar-refractivity contribution in [3.8, 4) is 17.5 Å². The van der Waals surface area contributed by atoms with Gasteiger partial charge in [0, 0.05) is 30.3 Å². The Kier molecular flexibility index (Phi) is 4.74. The summed E-state index contributed by atoms with van der Waals surface area (Å²) in [6, 6.07) is 15.8. The summed E-state index contributed by atoms with van der Waals surface area (Å²) in [5.41, 5.74) is 3.13. The fourth-order valence-electron chi connectivity index (χ4n) is 4.90. The highest BCUT2D eigenvalue weighted by Crippen LogP contribution is 2.44. The van der Waals surface area contributed by atoms with Gasteiger partial charge in [0.2, 0.25) is 0 Å². The van der Waals surface area contributed by atoms with Crippen LogP contribution >= 0.6 is 0 Å². The van der Waals surface area contributed by atoms with Crippen LogP contribution in [-0.2, 0) is 11.8 Å². The number of piperidine rings is 1. The molecular weight excluding hydrogens is 391 g/mol. The maximum Gasteiger partial charge on any atom is 0.256 e. The molecule has 1 atom stereocenters. The minimum absolute atomic E-state index is 0.0157. The highest BCUT2D eigenvalue weighted by molar-refractivity contribution is 5.94. The van der Waals surface area contributed by atoms with Crippen LogP contribution in [0.4, 0.5) is 4.39 Å². The first-order chi connectivity index (χ1) is 15.1. The molecule has 3 aromatic rings. The lowest BCUT2D eigenvalue weighted by Gasteiger charge is -2.40. The minimum atomic E-state index is -0.649. The van der Waals surface area contributed by atoms with Gasteiger partial charge < -0.3 is 4.90 Å². The van der Waals surface area contributed by atoms with Gasteiger partial charge >= 0.3 is 0 Å². The van der Waals surface area contributed by atoms with Crippen LogP contribution in [0.2, 0.25) is 0 Å². The zero-order valence-corrected chi connectivity index (χ0v) is 17.0. The highest BCUT2D eigenvalue weighted by atomic mass is 19.1. The Morgan fingerprint density at radius 1 is 1.16 bits per heavy atom. The highest BCUT2D eigenvalue weighted by Gasteiger charge is 2.45. The van der Waals surface area contributed by atoms with Crippen LogP contribution in [0, 0.1) is 17.1 Å². The van der Waals surface area contributed by atoms with Crippen LogP contribution in [0.3, 0.4) is 0 Å². The molecule has 0 saturated carbocycles. The summed E-state index contributed by atoms with van der Waals surface area (Å²) < 4.78 is 14.5. The molecular formula is C25H21FN4O. The second-order valence-electron chi connectivity index (χ2n) is 8.35. The zero-order valence-electron chi connectivity index (χ0n) is 17.0. The number of hydrogen-bond acceptors (Lipinski definition) is 4.